The minimum absolute atomic E-state index is 0.0197. The lowest BCUT2D eigenvalue weighted by molar-refractivity contribution is 0.102. The summed E-state index contributed by atoms with van der Waals surface area (Å²) < 4.78 is 0. The van der Waals surface area contributed by atoms with E-state index in [0.29, 0.717) is 5.56 Å². The molecule has 0 bridgehead atoms. The van der Waals surface area contributed by atoms with Gasteiger partial charge in [0.1, 0.15) is 5.15 Å². The highest BCUT2D eigenvalue weighted by Gasteiger charge is 2.15. The summed E-state index contributed by atoms with van der Waals surface area (Å²) in [4.78, 5) is 16.1. The molecule has 0 aliphatic carbocycles. The van der Waals surface area contributed by atoms with Crippen LogP contribution in [0.15, 0.2) is 36.5 Å². The van der Waals surface area contributed by atoms with Crippen molar-refractivity contribution in [3.63, 3.8) is 0 Å². The van der Waals surface area contributed by atoms with Crippen LogP contribution >= 0.6 is 23.2 Å². The van der Waals surface area contributed by atoms with Crippen molar-refractivity contribution in [3.8, 4) is 0 Å². The van der Waals surface area contributed by atoms with Crippen molar-refractivity contribution < 1.29 is 4.79 Å². The standard InChI is InChI=1S/C16H16Cl2N2O/c1-16(2,3)11-5-4-6-12(8-11)20-15(21)10-7-13(17)14(18)19-9-10/h4-9H,1-3H3,(H,20,21). The molecule has 0 radical (unpaired) electrons. The number of carbonyl (C=O) groups is 1. The number of anilines is 1. The van der Waals surface area contributed by atoms with Crippen LogP contribution in [0.3, 0.4) is 0 Å². The van der Waals surface area contributed by atoms with Gasteiger partial charge in [-0.05, 0) is 29.2 Å². The molecule has 1 N–H and O–H groups in total. The molecule has 0 atom stereocenters. The van der Waals surface area contributed by atoms with E-state index in [-0.39, 0.29) is 21.5 Å². The van der Waals surface area contributed by atoms with Crippen molar-refractivity contribution in [2.75, 3.05) is 5.32 Å². The zero-order chi connectivity index (χ0) is 15.6. The number of carbonyl (C=O) groups excluding carboxylic acids is 1. The molecular formula is C16H16Cl2N2O. The van der Waals surface area contributed by atoms with E-state index >= 15 is 0 Å². The van der Waals surface area contributed by atoms with Gasteiger partial charge < -0.3 is 5.32 Å². The smallest absolute Gasteiger partial charge is 0.257 e. The van der Waals surface area contributed by atoms with Crippen molar-refractivity contribution >= 4 is 34.8 Å². The van der Waals surface area contributed by atoms with E-state index in [1.807, 2.05) is 24.3 Å². The van der Waals surface area contributed by atoms with E-state index in [2.05, 4.69) is 31.1 Å². The molecule has 110 valence electrons. The second-order valence-corrected chi connectivity index (χ2v) is 6.55. The van der Waals surface area contributed by atoms with Crippen LogP contribution in [0.1, 0.15) is 36.7 Å². The van der Waals surface area contributed by atoms with Crippen LogP contribution in [-0.2, 0) is 5.41 Å². The average Bonchev–Trinajstić information content (AvgIpc) is 2.41. The summed E-state index contributed by atoms with van der Waals surface area (Å²) >= 11 is 11.6. The molecule has 0 aliphatic rings. The number of amides is 1. The van der Waals surface area contributed by atoms with Crippen LogP contribution in [0.5, 0.6) is 0 Å². The van der Waals surface area contributed by atoms with E-state index < -0.39 is 0 Å². The molecular weight excluding hydrogens is 307 g/mol. The van der Waals surface area contributed by atoms with Crippen molar-refractivity contribution in [2.24, 2.45) is 0 Å². The quantitative estimate of drug-likeness (QED) is 0.796. The van der Waals surface area contributed by atoms with E-state index in [1.54, 1.807) is 0 Å². The third-order valence-corrected chi connectivity index (χ3v) is 3.73. The fraction of sp³-hybridized carbons (Fsp3) is 0.250. The number of benzene rings is 1. The summed E-state index contributed by atoms with van der Waals surface area (Å²) in [5.41, 5.74) is 2.27. The molecule has 0 saturated carbocycles. The minimum atomic E-state index is -0.271. The lowest BCUT2D eigenvalue weighted by Crippen LogP contribution is -2.15. The topological polar surface area (TPSA) is 42.0 Å². The molecule has 5 heteroatoms. The van der Waals surface area contributed by atoms with Crippen molar-refractivity contribution in [3.05, 3.63) is 57.8 Å². The number of hydrogen-bond donors (Lipinski definition) is 1. The molecule has 2 aromatic rings. The fourth-order valence-electron chi connectivity index (χ4n) is 1.81. The van der Waals surface area contributed by atoms with Crippen molar-refractivity contribution in [2.45, 2.75) is 26.2 Å². The zero-order valence-corrected chi connectivity index (χ0v) is 13.6. The molecule has 1 aromatic heterocycles. The van der Waals surface area contributed by atoms with Crippen LogP contribution in [0.2, 0.25) is 10.2 Å². The molecule has 0 spiro atoms. The van der Waals surface area contributed by atoms with Crippen LogP contribution in [-0.4, -0.2) is 10.9 Å². The Balaban J connectivity index is 2.21. The van der Waals surface area contributed by atoms with Gasteiger partial charge in [0, 0.05) is 11.9 Å². The van der Waals surface area contributed by atoms with Gasteiger partial charge in [-0.3, -0.25) is 4.79 Å². The third-order valence-electron chi connectivity index (χ3n) is 3.04. The molecule has 0 aliphatic heterocycles. The normalized spacial score (nSPS) is 11.3. The molecule has 0 saturated heterocycles. The first-order valence-electron chi connectivity index (χ1n) is 6.50. The lowest BCUT2D eigenvalue weighted by Gasteiger charge is -2.19. The predicted molar refractivity (Wildman–Crippen MR) is 87.4 cm³/mol. The number of aromatic nitrogens is 1. The fourth-order valence-corrected chi connectivity index (χ4v) is 2.08. The molecule has 0 unspecified atom stereocenters. The number of pyridine rings is 1. The summed E-state index contributed by atoms with van der Waals surface area (Å²) in [5, 5.41) is 3.28. The first kappa shape index (κ1) is 15.8. The molecule has 3 nitrogen and oxygen atoms in total. The monoisotopic (exact) mass is 322 g/mol. The number of hydrogen-bond acceptors (Lipinski definition) is 2. The van der Waals surface area contributed by atoms with Gasteiger partial charge in [0.05, 0.1) is 10.6 Å². The summed E-state index contributed by atoms with van der Waals surface area (Å²) in [7, 11) is 0. The highest BCUT2D eigenvalue weighted by molar-refractivity contribution is 6.41. The van der Waals surface area contributed by atoms with Gasteiger partial charge in [-0.2, -0.15) is 0 Å². The zero-order valence-electron chi connectivity index (χ0n) is 12.1. The summed E-state index contributed by atoms with van der Waals surface area (Å²) in [6.45, 7) is 6.37. The van der Waals surface area contributed by atoms with Crippen LogP contribution in [0, 0.1) is 0 Å². The Kier molecular flexibility index (Phi) is 4.55. The Labute approximate surface area is 134 Å². The lowest BCUT2D eigenvalue weighted by atomic mass is 9.87. The maximum Gasteiger partial charge on any atom is 0.257 e. The second-order valence-electron chi connectivity index (χ2n) is 5.78. The highest BCUT2D eigenvalue weighted by atomic mass is 35.5. The third kappa shape index (κ3) is 3.96. The maximum atomic E-state index is 12.2. The van der Waals surface area contributed by atoms with Crippen LogP contribution < -0.4 is 5.32 Å². The Morgan fingerprint density at radius 3 is 2.52 bits per heavy atom. The van der Waals surface area contributed by atoms with Gasteiger partial charge in [0.15, 0.2) is 0 Å². The highest BCUT2D eigenvalue weighted by Crippen LogP contribution is 2.25. The minimum Gasteiger partial charge on any atom is -0.322 e. The molecule has 1 aromatic carbocycles. The van der Waals surface area contributed by atoms with E-state index in [4.69, 9.17) is 23.2 Å². The Hall–Kier alpha value is -1.58. The van der Waals surface area contributed by atoms with Crippen LogP contribution in [0.4, 0.5) is 5.69 Å². The summed E-state index contributed by atoms with van der Waals surface area (Å²) in [6.07, 6.45) is 1.40. The van der Waals surface area contributed by atoms with Crippen molar-refractivity contribution in [1.82, 2.24) is 4.98 Å². The van der Waals surface area contributed by atoms with Crippen molar-refractivity contribution in [1.29, 1.82) is 0 Å². The Bertz CT molecular complexity index is 678. The number of rotatable bonds is 2. The van der Waals surface area contributed by atoms with Gasteiger partial charge in [-0.25, -0.2) is 4.98 Å². The molecule has 2 rings (SSSR count). The van der Waals surface area contributed by atoms with Crippen LogP contribution in [0.25, 0.3) is 0 Å². The number of halogens is 2. The number of nitrogens with zero attached hydrogens (tertiary/aromatic N) is 1. The van der Waals surface area contributed by atoms with Gasteiger partial charge in [0.25, 0.3) is 5.91 Å². The molecule has 1 amide bonds. The molecule has 1 heterocycles. The number of nitrogens with one attached hydrogen (secondary N) is 1. The summed E-state index contributed by atoms with van der Waals surface area (Å²) in [5.74, 6) is -0.271. The second kappa shape index (κ2) is 6.04. The van der Waals surface area contributed by atoms with Gasteiger partial charge >= 0.3 is 0 Å². The van der Waals surface area contributed by atoms with E-state index in [9.17, 15) is 4.79 Å². The van der Waals surface area contributed by atoms with E-state index in [1.165, 1.54) is 12.3 Å². The Morgan fingerprint density at radius 2 is 1.90 bits per heavy atom. The molecule has 0 fully saturated rings. The first-order valence-corrected chi connectivity index (χ1v) is 7.26. The first-order chi connectivity index (χ1) is 9.77. The van der Waals surface area contributed by atoms with Gasteiger partial charge in [-0.1, -0.05) is 56.1 Å². The van der Waals surface area contributed by atoms with Gasteiger partial charge in [-0.15, -0.1) is 0 Å². The summed E-state index contributed by atoms with van der Waals surface area (Å²) in [6, 6.07) is 9.26. The van der Waals surface area contributed by atoms with Gasteiger partial charge in [0.2, 0.25) is 0 Å². The average molecular weight is 323 g/mol. The van der Waals surface area contributed by atoms with E-state index in [0.717, 1.165) is 11.3 Å². The largest absolute Gasteiger partial charge is 0.322 e. The molecule has 21 heavy (non-hydrogen) atoms. The Morgan fingerprint density at radius 1 is 1.19 bits per heavy atom. The maximum absolute atomic E-state index is 12.2. The SMILES string of the molecule is CC(C)(C)c1cccc(NC(=O)c2cnc(Cl)c(Cl)c2)c1. The predicted octanol–water partition coefficient (Wildman–Crippen LogP) is 4.94.